The Bertz CT molecular complexity index is 1050. The summed E-state index contributed by atoms with van der Waals surface area (Å²) in [6, 6.07) is 12.2. The molecule has 0 bridgehead atoms. The van der Waals surface area contributed by atoms with Gasteiger partial charge in [-0.1, -0.05) is 48.5 Å². The third-order valence-corrected chi connectivity index (χ3v) is 6.27. The lowest BCUT2D eigenvalue weighted by atomic mass is 9.80. The highest BCUT2D eigenvalue weighted by Crippen LogP contribution is 2.44. The van der Waals surface area contributed by atoms with Crippen molar-refractivity contribution in [3.05, 3.63) is 59.7 Å². The Balaban J connectivity index is 1.34. The molecule has 4 rings (SSSR count). The minimum Gasteiger partial charge on any atom is -0.481 e. The number of fused-ring (bicyclic) bond motifs is 3. The van der Waals surface area contributed by atoms with Gasteiger partial charge in [0.2, 0.25) is 5.91 Å². The van der Waals surface area contributed by atoms with Gasteiger partial charge in [-0.05, 0) is 35.1 Å². The van der Waals surface area contributed by atoms with Gasteiger partial charge in [-0.2, -0.15) is 13.2 Å². The Kier molecular flexibility index (Phi) is 6.49. The highest BCUT2D eigenvalue weighted by atomic mass is 19.4. The van der Waals surface area contributed by atoms with E-state index >= 15 is 0 Å². The van der Waals surface area contributed by atoms with E-state index < -0.39 is 48.6 Å². The Morgan fingerprint density at radius 2 is 1.56 bits per heavy atom. The van der Waals surface area contributed by atoms with Gasteiger partial charge in [0.1, 0.15) is 12.6 Å². The molecular weight excluding hydrogens is 453 g/mol. The SMILES string of the molecule is O=C(CC(NC(=O)OCC1c2ccccc2-c2ccccc21)C(F)(F)F)NC1CC(C(=O)O)C1. The van der Waals surface area contributed by atoms with Crippen LogP contribution >= 0.6 is 0 Å². The van der Waals surface area contributed by atoms with Crippen molar-refractivity contribution in [1.29, 1.82) is 0 Å². The first-order chi connectivity index (χ1) is 16.1. The molecule has 1 atom stereocenters. The van der Waals surface area contributed by atoms with E-state index in [1.165, 1.54) is 0 Å². The summed E-state index contributed by atoms with van der Waals surface area (Å²) >= 11 is 0. The lowest BCUT2D eigenvalue weighted by Crippen LogP contribution is -2.51. The topological polar surface area (TPSA) is 105 Å². The first kappa shape index (κ1) is 23.6. The maximum absolute atomic E-state index is 13.4. The predicted octanol–water partition coefficient (Wildman–Crippen LogP) is 3.83. The zero-order chi connectivity index (χ0) is 24.5. The highest BCUT2D eigenvalue weighted by Gasteiger charge is 2.43. The zero-order valence-corrected chi connectivity index (χ0v) is 18.0. The van der Waals surface area contributed by atoms with E-state index in [9.17, 15) is 27.6 Å². The lowest BCUT2D eigenvalue weighted by Gasteiger charge is -2.33. The van der Waals surface area contributed by atoms with Crippen LogP contribution in [0.1, 0.15) is 36.3 Å². The fraction of sp³-hybridized carbons (Fsp3) is 0.375. The number of aliphatic carboxylic acids is 1. The van der Waals surface area contributed by atoms with Crippen LogP contribution in [0.25, 0.3) is 11.1 Å². The molecule has 0 heterocycles. The number of amides is 2. The van der Waals surface area contributed by atoms with E-state index in [-0.39, 0.29) is 25.4 Å². The fourth-order valence-corrected chi connectivity index (χ4v) is 4.44. The smallest absolute Gasteiger partial charge is 0.409 e. The van der Waals surface area contributed by atoms with Crippen LogP contribution in [-0.2, 0) is 14.3 Å². The van der Waals surface area contributed by atoms with Gasteiger partial charge >= 0.3 is 18.2 Å². The summed E-state index contributed by atoms with van der Waals surface area (Å²) in [6.45, 7) is -0.157. The number of benzene rings is 2. The quantitative estimate of drug-likeness (QED) is 0.564. The molecule has 0 aliphatic heterocycles. The second kappa shape index (κ2) is 9.36. The van der Waals surface area contributed by atoms with Gasteiger partial charge in [0, 0.05) is 12.0 Å². The summed E-state index contributed by atoms with van der Waals surface area (Å²) in [5.74, 6) is -2.85. The maximum Gasteiger partial charge on any atom is 0.409 e. The summed E-state index contributed by atoms with van der Waals surface area (Å²) in [4.78, 5) is 35.1. The number of hydrogen-bond donors (Lipinski definition) is 3. The molecule has 2 amide bonds. The predicted molar refractivity (Wildman–Crippen MR) is 115 cm³/mol. The Hall–Kier alpha value is -3.56. The second-order valence-corrected chi connectivity index (χ2v) is 8.54. The van der Waals surface area contributed by atoms with Crippen LogP contribution in [-0.4, -0.2) is 47.9 Å². The van der Waals surface area contributed by atoms with Crippen LogP contribution in [0.2, 0.25) is 0 Å². The molecule has 2 aliphatic carbocycles. The number of carboxylic acid groups (broad SMARTS) is 1. The number of hydrogen-bond acceptors (Lipinski definition) is 4. The molecule has 2 aromatic rings. The van der Waals surface area contributed by atoms with Crippen molar-refractivity contribution in [2.75, 3.05) is 6.61 Å². The van der Waals surface area contributed by atoms with Crippen molar-refractivity contribution in [1.82, 2.24) is 10.6 Å². The maximum atomic E-state index is 13.4. The largest absolute Gasteiger partial charge is 0.481 e. The minimum absolute atomic E-state index is 0.157. The Labute approximate surface area is 193 Å². The van der Waals surface area contributed by atoms with Crippen LogP contribution < -0.4 is 10.6 Å². The molecule has 2 aliphatic rings. The molecule has 2 aromatic carbocycles. The molecule has 1 saturated carbocycles. The van der Waals surface area contributed by atoms with E-state index in [1.54, 1.807) is 5.32 Å². The number of halogens is 3. The van der Waals surface area contributed by atoms with Crippen LogP contribution in [0.15, 0.2) is 48.5 Å². The fourth-order valence-electron chi connectivity index (χ4n) is 4.44. The molecule has 1 fully saturated rings. The van der Waals surface area contributed by atoms with E-state index in [1.807, 2.05) is 48.5 Å². The van der Waals surface area contributed by atoms with Crippen LogP contribution in [0, 0.1) is 5.92 Å². The number of alkyl halides is 3. The highest BCUT2D eigenvalue weighted by molar-refractivity contribution is 5.80. The van der Waals surface area contributed by atoms with E-state index in [0.717, 1.165) is 22.3 Å². The van der Waals surface area contributed by atoms with Crippen LogP contribution in [0.3, 0.4) is 0 Å². The van der Waals surface area contributed by atoms with Crippen molar-refractivity contribution < 1.29 is 37.4 Å². The molecule has 1 unspecified atom stereocenters. The van der Waals surface area contributed by atoms with Gasteiger partial charge in [0.05, 0.1) is 12.3 Å². The van der Waals surface area contributed by atoms with Gasteiger partial charge in [-0.15, -0.1) is 0 Å². The van der Waals surface area contributed by atoms with E-state index in [2.05, 4.69) is 5.32 Å². The third-order valence-electron chi connectivity index (χ3n) is 6.27. The molecule has 7 nitrogen and oxygen atoms in total. The van der Waals surface area contributed by atoms with Gasteiger partial charge in [-0.3, -0.25) is 9.59 Å². The molecule has 3 N–H and O–H groups in total. The first-order valence-electron chi connectivity index (χ1n) is 10.8. The molecule has 10 heteroatoms. The van der Waals surface area contributed by atoms with Crippen molar-refractivity contribution in [2.24, 2.45) is 5.92 Å². The van der Waals surface area contributed by atoms with Crippen molar-refractivity contribution in [3.63, 3.8) is 0 Å². The third kappa shape index (κ3) is 5.00. The van der Waals surface area contributed by atoms with Gasteiger partial charge in [0.25, 0.3) is 0 Å². The molecule has 0 saturated heterocycles. The molecule has 0 aromatic heterocycles. The normalized spacial score (nSPS) is 19.9. The van der Waals surface area contributed by atoms with Crippen molar-refractivity contribution in [2.45, 2.75) is 43.4 Å². The van der Waals surface area contributed by atoms with Crippen LogP contribution in [0.5, 0.6) is 0 Å². The van der Waals surface area contributed by atoms with Gasteiger partial charge in [0.15, 0.2) is 0 Å². The summed E-state index contributed by atoms with van der Waals surface area (Å²) in [5, 5.41) is 13.0. The molecule has 34 heavy (non-hydrogen) atoms. The average Bonchev–Trinajstić information content (AvgIpc) is 3.07. The summed E-state index contributed by atoms with van der Waals surface area (Å²) in [7, 11) is 0. The Morgan fingerprint density at radius 3 is 2.09 bits per heavy atom. The van der Waals surface area contributed by atoms with Crippen LogP contribution in [0.4, 0.5) is 18.0 Å². The number of ether oxygens (including phenoxy) is 1. The number of alkyl carbamates (subject to hydrolysis) is 1. The van der Waals surface area contributed by atoms with Crippen molar-refractivity contribution in [3.8, 4) is 11.1 Å². The molecule has 180 valence electrons. The number of nitrogens with one attached hydrogen (secondary N) is 2. The number of carbonyl (C=O) groups is 3. The van der Waals surface area contributed by atoms with E-state index in [0.29, 0.717) is 0 Å². The molecule has 0 spiro atoms. The standard InChI is InChI=1S/C24H23F3N2O5/c25-24(26,27)20(11-21(30)28-14-9-13(10-14)22(31)32)29-23(33)34-12-19-17-7-3-1-5-15(17)16-6-2-4-8-18(16)19/h1-8,13-14,19-20H,9-12H2,(H,28,30)(H,29,33)(H,31,32). The Morgan fingerprint density at radius 1 is 1.00 bits per heavy atom. The lowest BCUT2D eigenvalue weighted by molar-refractivity contribution is -0.160. The summed E-state index contributed by atoms with van der Waals surface area (Å²) in [5.41, 5.74) is 3.81. The number of carboxylic acids is 1. The molecule has 0 radical (unpaired) electrons. The summed E-state index contributed by atoms with van der Waals surface area (Å²) in [6.07, 6.45) is -6.84. The zero-order valence-electron chi connectivity index (χ0n) is 18.0. The monoisotopic (exact) mass is 476 g/mol. The molecular formula is C24H23F3N2O5. The minimum atomic E-state index is -4.87. The van der Waals surface area contributed by atoms with E-state index in [4.69, 9.17) is 9.84 Å². The average molecular weight is 476 g/mol. The summed E-state index contributed by atoms with van der Waals surface area (Å²) < 4.78 is 45.5. The van der Waals surface area contributed by atoms with Gasteiger partial charge in [-0.25, -0.2) is 4.79 Å². The first-order valence-corrected chi connectivity index (χ1v) is 10.8. The van der Waals surface area contributed by atoms with Gasteiger partial charge < -0.3 is 20.5 Å². The number of rotatable bonds is 7. The second-order valence-electron chi connectivity index (χ2n) is 8.54. The number of carbonyl (C=O) groups excluding carboxylic acids is 2. The van der Waals surface area contributed by atoms with Crippen molar-refractivity contribution >= 4 is 18.0 Å².